The maximum absolute atomic E-state index is 13.2. The molecule has 0 aliphatic carbocycles. The molecule has 1 fully saturated rings. The molecule has 0 radical (unpaired) electrons. The minimum atomic E-state index is -0.0805. The largest absolute Gasteiger partial charge is 0.288 e. The molecule has 0 unspecified atom stereocenters. The summed E-state index contributed by atoms with van der Waals surface area (Å²) in [5, 5.41) is 4.84. The Morgan fingerprint density at radius 2 is 1.61 bits per heavy atom. The predicted molar refractivity (Wildman–Crippen MR) is 142 cm³/mol. The van der Waals surface area contributed by atoms with Crippen molar-refractivity contribution >= 4 is 56.2 Å². The molecule has 0 N–H and O–H groups in total. The molecule has 2 heterocycles. The van der Waals surface area contributed by atoms with Crippen LogP contribution >= 0.6 is 39.9 Å². The lowest BCUT2D eigenvalue weighted by Crippen LogP contribution is -2.27. The van der Waals surface area contributed by atoms with Crippen molar-refractivity contribution in [2.45, 2.75) is 6.54 Å². The number of aromatic nitrogens is 2. The number of rotatable bonds is 5. The van der Waals surface area contributed by atoms with Crippen LogP contribution in [0.3, 0.4) is 0 Å². The van der Waals surface area contributed by atoms with E-state index in [1.807, 2.05) is 102 Å². The van der Waals surface area contributed by atoms with E-state index < -0.39 is 0 Å². The first-order chi connectivity index (χ1) is 16.1. The number of hydrogen-bond acceptors (Lipinski definition) is 4. The van der Waals surface area contributed by atoms with Gasteiger partial charge in [0.15, 0.2) is 0 Å². The minimum Gasteiger partial charge on any atom is -0.288 e. The Morgan fingerprint density at radius 1 is 0.939 bits per heavy atom. The average molecular weight is 532 g/mol. The zero-order valence-electron chi connectivity index (χ0n) is 17.4. The normalized spacial score (nSPS) is 14.9. The number of halogens is 1. The first kappa shape index (κ1) is 21.8. The monoisotopic (exact) mass is 531 g/mol. The number of carbonyl (C=O) groups is 1. The van der Waals surface area contributed by atoms with Crippen molar-refractivity contribution in [1.82, 2.24) is 14.7 Å². The van der Waals surface area contributed by atoms with Gasteiger partial charge in [-0.15, -0.1) is 0 Å². The van der Waals surface area contributed by atoms with E-state index in [-0.39, 0.29) is 5.91 Å². The number of hydrogen-bond donors (Lipinski definition) is 0. The average Bonchev–Trinajstić information content (AvgIpc) is 3.37. The van der Waals surface area contributed by atoms with Gasteiger partial charge in [0.25, 0.3) is 5.91 Å². The second-order valence-electron chi connectivity index (χ2n) is 7.47. The van der Waals surface area contributed by atoms with E-state index >= 15 is 0 Å². The molecule has 1 saturated heterocycles. The fraction of sp³-hybridized carbons (Fsp3) is 0.0385. The summed E-state index contributed by atoms with van der Waals surface area (Å²) in [5.74, 6) is -0.0805. The lowest BCUT2D eigenvalue weighted by atomic mass is 10.1. The number of para-hydroxylation sites is 1. The van der Waals surface area contributed by atoms with Gasteiger partial charge in [-0.2, -0.15) is 5.10 Å². The second kappa shape index (κ2) is 9.47. The van der Waals surface area contributed by atoms with E-state index in [0.717, 1.165) is 32.5 Å². The highest BCUT2D eigenvalue weighted by Gasteiger charge is 2.32. The van der Waals surface area contributed by atoms with E-state index in [9.17, 15) is 4.79 Å². The molecule has 5 rings (SSSR count). The van der Waals surface area contributed by atoms with Crippen LogP contribution < -0.4 is 0 Å². The quantitative estimate of drug-likeness (QED) is 0.212. The number of thiocarbonyl (C=S) groups is 1. The van der Waals surface area contributed by atoms with Gasteiger partial charge in [0.05, 0.1) is 22.8 Å². The van der Waals surface area contributed by atoms with Crippen molar-refractivity contribution in [2.24, 2.45) is 0 Å². The van der Waals surface area contributed by atoms with Gasteiger partial charge in [-0.05, 0) is 35.9 Å². The molecule has 4 aromatic rings. The Balaban J connectivity index is 1.53. The molecule has 4 nitrogen and oxygen atoms in total. The molecule has 0 bridgehead atoms. The van der Waals surface area contributed by atoms with Crippen molar-refractivity contribution in [3.8, 4) is 16.9 Å². The summed E-state index contributed by atoms with van der Waals surface area (Å²) in [5.41, 5.74) is 4.63. The zero-order valence-corrected chi connectivity index (χ0v) is 20.6. The molecular formula is C26H18BrN3OS2. The number of amides is 1. The molecule has 33 heavy (non-hydrogen) atoms. The van der Waals surface area contributed by atoms with Gasteiger partial charge in [-0.3, -0.25) is 9.69 Å². The molecule has 162 valence electrons. The summed E-state index contributed by atoms with van der Waals surface area (Å²) >= 11 is 10.4. The predicted octanol–water partition coefficient (Wildman–Crippen LogP) is 6.70. The Kier molecular flexibility index (Phi) is 6.26. The zero-order chi connectivity index (χ0) is 22.8. The second-order valence-corrected chi connectivity index (χ2v) is 10.1. The molecule has 1 aliphatic rings. The van der Waals surface area contributed by atoms with Crippen molar-refractivity contribution in [3.05, 3.63) is 112 Å². The molecule has 7 heteroatoms. The SMILES string of the molecule is O=C1/C(=C/c2cn(-c3ccccc3)nc2-c2ccc(Br)cc2)SC(=S)N1Cc1ccccc1. The van der Waals surface area contributed by atoms with Gasteiger partial charge in [0.2, 0.25) is 0 Å². The Bertz CT molecular complexity index is 1350. The van der Waals surface area contributed by atoms with Gasteiger partial charge < -0.3 is 0 Å². The Labute approximate surface area is 210 Å². The highest BCUT2D eigenvalue weighted by Crippen LogP contribution is 2.35. The number of thioether (sulfide) groups is 1. The van der Waals surface area contributed by atoms with Crippen molar-refractivity contribution in [1.29, 1.82) is 0 Å². The van der Waals surface area contributed by atoms with Crippen LogP contribution in [0.25, 0.3) is 23.0 Å². The first-order valence-corrected chi connectivity index (χ1v) is 12.3. The molecule has 1 aliphatic heterocycles. The van der Waals surface area contributed by atoms with E-state index in [0.29, 0.717) is 15.8 Å². The summed E-state index contributed by atoms with van der Waals surface area (Å²) in [6.45, 7) is 0.464. The van der Waals surface area contributed by atoms with Crippen LogP contribution in [0, 0.1) is 0 Å². The summed E-state index contributed by atoms with van der Waals surface area (Å²) in [4.78, 5) is 15.5. The summed E-state index contributed by atoms with van der Waals surface area (Å²) < 4.78 is 3.40. The molecule has 3 aromatic carbocycles. The van der Waals surface area contributed by atoms with Crippen LogP contribution in [0.4, 0.5) is 0 Å². The highest BCUT2D eigenvalue weighted by atomic mass is 79.9. The van der Waals surface area contributed by atoms with Gasteiger partial charge >= 0.3 is 0 Å². The summed E-state index contributed by atoms with van der Waals surface area (Å²) in [6, 6.07) is 27.8. The third-order valence-corrected chi connectivity index (χ3v) is 7.13. The van der Waals surface area contributed by atoms with E-state index in [4.69, 9.17) is 17.3 Å². The first-order valence-electron chi connectivity index (χ1n) is 10.3. The lowest BCUT2D eigenvalue weighted by Gasteiger charge is -2.14. The van der Waals surface area contributed by atoms with E-state index in [2.05, 4.69) is 15.9 Å². The van der Waals surface area contributed by atoms with Crippen molar-refractivity contribution in [2.75, 3.05) is 0 Å². The number of benzene rings is 3. The minimum absolute atomic E-state index is 0.0805. The standard InChI is InChI=1S/C26H18BrN3OS2/c27-21-13-11-19(12-14-21)24-20(17-30(28-24)22-9-5-2-6-10-22)15-23-25(31)29(26(32)33-23)16-18-7-3-1-4-8-18/h1-15,17H,16H2/b23-15-. The smallest absolute Gasteiger partial charge is 0.266 e. The van der Waals surface area contributed by atoms with Crippen LogP contribution in [0.5, 0.6) is 0 Å². The van der Waals surface area contributed by atoms with Crippen molar-refractivity contribution < 1.29 is 4.79 Å². The summed E-state index contributed by atoms with van der Waals surface area (Å²) in [6.07, 6.45) is 3.85. The number of carbonyl (C=O) groups excluding carboxylic acids is 1. The molecule has 0 saturated carbocycles. The van der Waals surface area contributed by atoms with Crippen LogP contribution in [-0.2, 0) is 11.3 Å². The van der Waals surface area contributed by atoms with Gasteiger partial charge in [-0.1, -0.05) is 101 Å². The van der Waals surface area contributed by atoms with Crippen LogP contribution in [0.1, 0.15) is 11.1 Å². The van der Waals surface area contributed by atoms with E-state index in [1.54, 1.807) is 4.90 Å². The van der Waals surface area contributed by atoms with E-state index in [1.165, 1.54) is 11.8 Å². The fourth-order valence-electron chi connectivity index (χ4n) is 3.58. The van der Waals surface area contributed by atoms with Crippen LogP contribution in [0.15, 0.2) is 101 Å². The maximum atomic E-state index is 13.2. The molecule has 0 spiro atoms. The van der Waals surface area contributed by atoms with Gasteiger partial charge in [0, 0.05) is 21.8 Å². The lowest BCUT2D eigenvalue weighted by molar-refractivity contribution is -0.122. The topological polar surface area (TPSA) is 38.1 Å². The fourth-order valence-corrected chi connectivity index (χ4v) is 5.09. The van der Waals surface area contributed by atoms with Crippen LogP contribution in [-0.4, -0.2) is 24.9 Å². The number of nitrogens with zero attached hydrogens (tertiary/aromatic N) is 3. The summed E-state index contributed by atoms with van der Waals surface area (Å²) in [7, 11) is 0. The molecule has 0 atom stereocenters. The Hall–Kier alpha value is -3.00. The molecular weight excluding hydrogens is 514 g/mol. The van der Waals surface area contributed by atoms with Crippen molar-refractivity contribution in [3.63, 3.8) is 0 Å². The van der Waals surface area contributed by atoms with Gasteiger partial charge in [-0.25, -0.2) is 4.68 Å². The third kappa shape index (κ3) is 4.71. The third-order valence-electron chi connectivity index (χ3n) is 5.22. The molecule has 1 aromatic heterocycles. The maximum Gasteiger partial charge on any atom is 0.266 e. The van der Waals surface area contributed by atoms with Crippen LogP contribution in [0.2, 0.25) is 0 Å². The van der Waals surface area contributed by atoms with Gasteiger partial charge in [0.1, 0.15) is 4.32 Å². The molecule has 1 amide bonds. The Morgan fingerprint density at radius 3 is 2.30 bits per heavy atom. The highest BCUT2D eigenvalue weighted by molar-refractivity contribution is 9.10.